The first-order chi connectivity index (χ1) is 20.1. The first-order valence-corrected chi connectivity index (χ1v) is 18.9. The summed E-state index contributed by atoms with van der Waals surface area (Å²) in [6.07, 6.45) is 42.2. The molecule has 0 atom stereocenters. The lowest BCUT2D eigenvalue weighted by Gasteiger charge is -2.35. The molecule has 1 N–H and O–H groups in total. The fourth-order valence-electron chi connectivity index (χ4n) is 7.67. The first-order valence-electron chi connectivity index (χ1n) is 18.9. The first kappa shape index (κ1) is 36.2. The summed E-state index contributed by atoms with van der Waals surface area (Å²) >= 11 is 0. The van der Waals surface area contributed by atoms with Crippen molar-refractivity contribution in [3.05, 3.63) is 30.3 Å². The molecule has 1 nitrogen and oxygen atoms in total. The summed E-state index contributed by atoms with van der Waals surface area (Å²) in [7, 11) is 0. The lowest BCUT2D eigenvalue weighted by Crippen LogP contribution is -2.22. The molecule has 0 unspecified atom stereocenters. The van der Waals surface area contributed by atoms with Gasteiger partial charge in [0, 0.05) is 0 Å². The van der Waals surface area contributed by atoms with E-state index in [1.54, 1.807) is 49.9 Å². The van der Waals surface area contributed by atoms with E-state index in [0.717, 1.165) is 23.7 Å². The Kier molecular flexibility index (Phi) is 22.5. The van der Waals surface area contributed by atoms with Crippen molar-refractivity contribution >= 4 is 0 Å². The highest BCUT2D eigenvalue weighted by Crippen LogP contribution is 2.40. The molecule has 0 aromatic heterocycles. The highest BCUT2D eigenvalue weighted by Gasteiger charge is 2.26. The van der Waals surface area contributed by atoms with E-state index in [0.29, 0.717) is 5.75 Å². The van der Waals surface area contributed by atoms with Gasteiger partial charge in [-0.2, -0.15) is 0 Å². The van der Waals surface area contributed by atoms with Crippen LogP contribution in [-0.2, 0) is 0 Å². The van der Waals surface area contributed by atoms with Crippen LogP contribution in [0.15, 0.2) is 30.3 Å². The van der Waals surface area contributed by atoms with Crippen LogP contribution in [0.4, 0.5) is 0 Å². The maximum atomic E-state index is 8.63. The zero-order valence-corrected chi connectivity index (χ0v) is 27.9. The minimum atomic E-state index is 0.322. The van der Waals surface area contributed by atoms with Crippen molar-refractivity contribution in [2.45, 2.75) is 194 Å². The van der Waals surface area contributed by atoms with Crippen LogP contribution >= 0.6 is 0 Å². The second-order valence-electron chi connectivity index (χ2n) is 14.4. The molecule has 0 heterocycles. The van der Waals surface area contributed by atoms with Gasteiger partial charge in [0.05, 0.1) is 0 Å². The summed E-state index contributed by atoms with van der Waals surface area (Å²) < 4.78 is 0. The Morgan fingerprint density at radius 2 is 0.610 bits per heavy atom. The fraction of sp³-hybridized carbons (Fsp3) is 0.850. The number of hydrogen-bond acceptors (Lipinski definition) is 1. The van der Waals surface area contributed by atoms with Crippen molar-refractivity contribution in [3.8, 4) is 5.75 Å². The summed E-state index contributed by atoms with van der Waals surface area (Å²) in [5, 5.41) is 8.63. The highest BCUT2D eigenvalue weighted by molar-refractivity contribution is 5.18. The molecule has 7 rings (SSSR count). The number of benzene rings is 1. The van der Waals surface area contributed by atoms with Crippen molar-refractivity contribution in [1.82, 2.24) is 0 Å². The number of fused-ring (bicyclic) bond motifs is 1. The Bertz CT molecular complexity index is 604. The number of rotatable bonds is 0. The van der Waals surface area contributed by atoms with E-state index in [9.17, 15) is 0 Å². The SMILES string of the molecule is C1CCC2CCCCC2C1.C1CCCC1.C1CCCCC1.CC1CCCC1.CC1CCCCC1.Oc1ccccc1. The average molecular weight is 569 g/mol. The molecule has 0 spiro atoms. The number of aromatic hydroxyl groups is 1. The molecule has 0 bridgehead atoms. The van der Waals surface area contributed by atoms with Crippen molar-refractivity contribution in [3.63, 3.8) is 0 Å². The van der Waals surface area contributed by atoms with Gasteiger partial charge in [-0.25, -0.2) is 0 Å². The Balaban J connectivity index is 0.000000175. The number of hydrogen-bond donors (Lipinski definition) is 1. The summed E-state index contributed by atoms with van der Waals surface area (Å²) in [4.78, 5) is 0. The predicted octanol–water partition coefficient (Wildman–Crippen LogP) is 13.8. The number of phenolic OH excluding ortho intramolecular Hbond substituents is 1. The normalized spacial score (nSPS) is 25.9. The summed E-state index contributed by atoms with van der Waals surface area (Å²) in [5.74, 6) is 4.71. The Morgan fingerprint density at radius 3 is 0.805 bits per heavy atom. The molecular weight excluding hydrogens is 496 g/mol. The zero-order chi connectivity index (χ0) is 29.2. The van der Waals surface area contributed by atoms with E-state index in [1.807, 2.05) is 6.07 Å². The molecule has 1 heteroatoms. The van der Waals surface area contributed by atoms with Crippen LogP contribution in [0.3, 0.4) is 0 Å². The van der Waals surface area contributed by atoms with Crippen molar-refractivity contribution in [2.24, 2.45) is 23.7 Å². The molecule has 238 valence electrons. The molecule has 6 aliphatic carbocycles. The quantitative estimate of drug-likeness (QED) is 0.330. The van der Waals surface area contributed by atoms with Gasteiger partial charge in [-0.3, -0.25) is 0 Å². The summed E-state index contributed by atoms with van der Waals surface area (Å²) in [6, 6.07) is 8.71. The number of para-hydroxylation sites is 1. The van der Waals surface area contributed by atoms with Crippen molar-refractivity contribution in [1.29, 1.82) is 0 Å². The molecule has 6 aliphatic rings. The average Bonchev–Trinajstić information content (AvgIpc) is 3.78. The monoisotopic (exact) mass is 569 g/mol. The van der Waals surface area contributed by atoms with Crippen LogP contribution in [-0.4, -0.2) is 5.11 Å². The lowest BCUT2D eigenvalue weighted by atomic mass is 9.71. The smallest absolute Gasteiger partial charge is 0.115 e. The molecule has 1 aromatic rings. The maximum absolute atomic E-state index is 8.63. The van der Waals surface area contributed by atoms with E-state index in [-0.39, 0.29) is 0 Å². The predicted molar refractivity (Wildman–Crippen MR) is 183 cm³/mol. The van der Waals surface area contributed by atoms with Gasteiger partial charge in [-0.1, -0.05) is 212 Å². The topological polar surface area (TPSA) is 20.2 Å². The maximum Gasteiger partial charge on any atom is 0.115 e. The third kappa shape index (κ3) is 20.5. The fourth-order valence-corrected chi connectivity index (χ4v) is 7.67. The van der Waals surface area contributed by atoms with E-state index in [4.69, 9.17) is 5.11 Å². The zero-order valence-electron chi connectivity index (χ0n) is 27.9. The molecule has 6 saturated carbocycles. The van der Waals surface area contributed by atoms with Crippen molar-refractivity contribution < 1.29 is 5.11 Å². The van der Waals surface area contributed by atoms with Gasteiger partial charge < -0.3 is 5.11 Å². The van der Waals surface area contributed by atoms with Gasteiger partial charge in [0.1, 0.15) is 5.75 Å². The summed E-state index contributed by atoms with van der Waals surface area (Å²) in [5.41, 5.74) is 0. The van der Waals surface area contributed by atoms with Crippen LogP contribution in [0.25, 0.3) is 0 Å². The number of phenols is 1. The minimum Gasteiger partial charge on any atom is -0.508 e. The molecule has 1 aromatic carbocycles. The van der Waals surface area contributed by atoms with Gasteiger partial charge in [-0.05, 0) is 35.8 Å². The third-order valence-corrected chi connectivity index (χ3v) is 10.5. The molecule has 6 fully saturated rings. The largest absolute Gasteiger partial charge is 0.508 e. The van der Waals surface area contributed by atoms with Gasteiger partial charge >= 0.3 is 0 Å². The Hall–Kier alpha value is -0.980. The molecular formula is C40H72O. The minimum absolute atomic E-state index is 0.322. The van der Waals surface area contributed by atoms with Crippen molar-refractivity contribution in [2.75, 3.05) is 0 Å². The molecule has 0 radical (unpaired) electrons. The van der Waals surface area contributed by atoms with E-state index in [1.165, 1.54) is 154 Å². The van der Waals surface area contributed by atoms with Gasteiger partial charge in [0.15, 0.2) is 0 Å². The molecule has 0 amide bonds. The lowest BCUT2D eigenvalue weighted by molar-refractivity contribution is 0.171. The molecule has 41 heavy (non-hydrogen) atoms. The Labute approximate surface area is 258 Å². The van der Waals surface area contributed by atoms with Crippen LogP contribution in [0.2, 0.25) is 0 Å². The highest BCUT2D eigenvalue weighted by atomic mass is 16.3. The summed E-state index contributed by atoms with van der Waals surface area (Å²) in [6.45, 7) is 4.70. The third-order valence-electron chi connectivity index (χ3n) is 10.5. The van der Waals surface area contributed by atoms with Crippen LogP contribution < -0.4 is 0 Å². The van der Waals surface area contributed by atoms with Gasteiger partial charge in [0.2, 0.25) is 0 Å². The standard InChI is InChI=1S/C10H18.C7H14.C6H6O.2C6H12.C5H10/c1-2-6-10-8-4-3-7-9(10)5-1;1-7-5-3-2-4-6-7;7-6-4-2-1-3-5-6;1-6-4-2-3-5-6;1-2-4-6-5-3-1;1-2-4-5-3-1/h9-10H,1-8H2;7H,2-6H2,1H3;1-5,7H;6H,2-5H2,1H3;1-6H2;1-5H2. The second-order valence-corrected chi connectivity index (χ2v) is 14.4. The van der Waals surface area contributed by atoms with E-state index < -0.39 is 0 Å². The Morgan fingerprint density at radius 1 is 0.366 bits per heavy atom. The van der Waals surface area contributed by atoms with E-state index in [2.05, 4.69) is 13.8 Å². The van der Waals surface area contributed by atoms with Gasteiger partial charge in [-0.15, -0.1) is 0 Å². The molecule has 0 saturated heterocycles. The van der Waals surface area contributed by atoms with E-state index >= 15 is 0 Å². The van der Waals surface area contributed by atoms with Crippen LogP contribution in [0, 0.1) is 23.7 Å². The van der Waals surface area contributed by atoms with Crippen LogP contribution in [0.1, 0.15) is 194 Å². The van der Waals surface area contributed by atoms with Crippen LogP contribution in [0.5, 0.6) is 5.75 Å². The van der Waals surface area contributed by atoms with Gasteiger partial charge in [0.25, 0.3) is 0 Å². The molecule has 0 aliphatic heterocycles. The second kappa shape index (κ2) is 25.5.